The summed E-state index contributed by atoms with van der Waals surface area (Å²) >= 11 is 0. The van der Waals surface area contributed by atoms with E-state index in [0.29, 0.717) is 25.4 Å². The van der Waals surface area contributed by atoms with Gasteiger partial charge in [-0.3, -0.25) is 4.79 Å². The molecule has 0 aliphatic carbocycles. The minimum atomic E-state index is -4.71. The fourth-order valence-corrected chi connectivity index (χ4v) is 6.29. The average molecular weight is 699 g/mol. The predicted octanol–water partition coefficient (Wildman–Crippen LogP) is 6.61. The van der Waals surface area contributed by atoms with Gasteiger partial charge in [0, 0.05) is 43.0 Å². The highest BCUT2D eigenvalue weighted by atomic mass is 19.4. The molecule has 3 aromatic carbocycles. The molecule has 6 rings (SSSR count). The van der Waals surface area contributed by atoms with Crippen LogP contribution in [0.15, 0.2) is 79.3 Å². The van der Waals surface area contributed by atoms with Crippen molar-refractivity contribution in [3.05, 3.63) is 99.7 Å². The molecule has 1 saturated heterocycles. The van der Waals surface area contributed by atoms with Gasteiger partial charge in [0.1, 0.15) is 23.0 Å². The molecular formula is C35H34F4N4O7. The molecule has 0 radical (unpaired) electrons. The number of piperazine rings is 1. The van der Waals surface area contributed by atoms with Crippen LogP contribution >= 0.6 is 0 Å². The van der Waals surface area contributed by atoms with Crippen molar-refractivity contribution in [2.45, 2.75) is 45.1 Å². The smallest absolute Gasteiger partial charge is 0.497 e. The number of hydrogen-bond donors (Lipinski definition) is 0. The zero-order chi connectivity index (χ0) is 35.7. The molecule has 50 heavy (non-hydrogen) atoms. The fourth-order valence-electron chi connectivity index (χ4n) is 6.29. The molecule has 2 aliphatic heterocycles. The van der Waals surface area contributed by atoms with Crippen LogP contribution in [0.25, 0.3) is 0 Å². The number of nitrogens with zero attached hydrogens (tertiary/aromatic N) is 4. The second-order valence-corrected chi connectivity index (χ2v) is 11.8. The van der Waals surface area contributed by atoms with E-state index in [0.717, 1.165) is 17.8 Å². The number of para-hydroxylation sites is 1. The van der Waals surface area contributed by atoms with Crippen molar-refractivity contribution >= 4 is 29.0 Å². The molecular weight excluding hydrogens is 664 g/mol. The lowest BCUT2D eigenvalue weighted by Gasteiger charge is -2.47. The van der Waals surface area contributed by atoms with Crippen LogP contribution in [0.3, 0.4) is 0 Å². The lowest BCUT2D eigenvalue weighted by Crippen LogP contribution is -2.58. The number of hydrogen-bond acceptors (Lipinski definition) is 11. The lowest BCUT2D eigenvalue weighted by atomic mass is 9.96. The van der Waals surface area contributed by atoms with Crippen LogP contribution in [-0.4, -0.2) is 56.7 Å². The van der Waals surface area contributed by atoms with Gasteiger partial charge in [-0.05, 0) is 50.2 Å². The minimum Gasteiger partial charge on any atom is -0.497 e. The first-order valence-corrected chi connectivity index (χ1v) is 15.7. The van der Waals surface area contributed by atoms with Crippen LogP contribution < -0.4 is 25.1 Å². The van der Waals surface area contributed by atoms with Crippen LogP contribution in [-0.2, 0) is 22.3 Å². The van der Waals surface area contributed by atoms with Crippen LogP contribution in [0.4, 0.5) is 34.6 Å². The van der Waals surface area contributed by atoms with Gasteiger partial charge in [-0.1, -0.05) is 18.2 Å². The molecule has 4 aromatic rings. The summed E-state index contributed by atoms with van der Waals surface area (Å²) in [5.41, 5.74) is 0.120. The first kappa shape index (κ1) is 34.4. The SMILES string of the molecule is COc1cccc(N2CCN(C3=Nc4c(F)cccc4C(CC(=O)OCc4oc(=O)oc4C)N3c3cc(C(F)(F)F)ccc3OC)C[C@H]2C)c1. The van der Waals surface area contributed by atoms with Crippen LogP contribution in [0, 0.1) is 12.7 Å². The van der Waals surface area contributed by atoms with E-state index in [4.69, 9.17) is 28.0 Å². The highest BCUT2D eigenvalue weighted by molar-refractivity contribution is 6.02. The van der Waals surface area contributed by atoms with E-state index in [1.54, 1.807) is 13.2 Å². The summed E-state index contributed by atoms with van der Waals surface area (Å²) in [6, 6.07) is 13.6. The summed E-state index contributed by atoms with van der Waals surface area (Å²) in [7, 11) is 2.90. The number of halogens is 4. The van der Waals surface area contributed by atoms with Gasteiger partial charge in [0.25, 0.3) is 0 Å². The molecule has 3 heterocycles. The maximum Gasteiger partial charge on any atom is 0.519 e. The van der Waals surface area contributed by atoms with Gasteiger partial charge < -0.3 is 37.7 Å². The molecule has 1 aromatic heterocycles. The Morgan fingerprint density at radius 2 is 1.80 bits per heavy atom. The highest BCUT2D eigenvalue weighted by Crippen LogP contribution is 2.46. The monoisotopic (exact) mass is 698 g/mol. The molecule has 1 fully saturated rings. The topological polar surface area (TPSA) is 110 Å². The van der Waals surface area contributed by atoms with E-state index in [1.807, 2.05) is 36.1 Å². The number of benzene rings is 3. The maximum absolute atomic E-state index is 15.6. The van der Waals surface area contributed by atoms with Crippen molar-refractivity contribution in [2.24, 2.45) is 4.99 Å². The lowest BCUT2D eigenvalue weighted by molar-refractivity contribution is -0.146. The van der Waals surface area contributed by atoms with E-state index in [1.165, 1.54) is 37.1 Å². The molecule has 1 unspecified atom stereocenters. The third-order valence-electron chi connectivity index (χ3n) is 8.74. The van der Waals surface area contributed by atoms with Crippen LogP contribution in [0.1, 0.15) is 42.0 Å². The molecule has 15 heteroatoms. The number of rotatable bonds is 8. The number of carbonyl (C=O) groups excluding carboxylic acids is 1. The normalized spacial score (nSPS) is 17.7. The fraction of sp³-hybridized carbons (Fsp3) is 0.343. The molecule has 2 atom stereocenters. The zero-order valence-electron chi connectivity index (χ0n) is 27.6. The summed E-state index contributed by atoms with van der Waals surface area (Å²) in [6.07, 6.45) is -5.16. The largest absolute Gasteiger partial charge is 0.519 e. The van der Waals surface area contributed by atoms with Gasteiger partial charge in [-0.25, -0.2) is 14.2 Å². The van der Waals surface area contributed by atoms with Crippen molar-refractivity contribution in [3.8, 4) is 11.5 Å². The predicted molar refractivity (Wildman–Crippen MR) is 174 cm³/mol. The Morgan fingerprint density at radius 3 is 2.48 bits per heavy atom. The molecule has 264 valence electrons. The number of aliphatic imine (C=N–C) groups is 1. The number of ether oxygens (including phenoxy) is 3. The Kier molecular flexibility index (Phi) is 9.49. The van der Waals surface area contributed by atoms with Gasteiger partial charge in [0.15, 0.2) is 18.1 Å². The Morgan fingerprint density at radius 1 is 1.02 bits per heavy atom. The number of anilines is 2. The van der Waals surface area contributed by atoms with Crippen molar-refractivity contribution in [2.75, 3.05) is 43.7 Å². The summed E-state index contributed by atoms with van der Waals surface area (Å²) in [5.74, 6) is -1.43. The second-order valence-electron chi connectivity index (χ2n) is 11.8. The van der Waals surface area contributed by atoms with E-state index < -0.39 is 48.4 Å². The molecule has 0 N–H and O–H groups in total. The summed E-state index contributed by atoms with van der Waals surface area (Å²) in [5, 5.41) is 0. The quantitative estimate of drug-likeness (QED) is 0.147. The van der Waals surface area contributed by atoms with E-state index in [-0.39, 0.29) is 46.2 Å². The van der Waals surface area contributed by atoms with Gasteiger partial charge in [-0.15, -0.1) is 0 Å². The average Bonchev–Trinajstić information content (AvgIpc) is 3.42. The number of esters is 1. The van der Waals surface area contributed by atoms with Crippen molar-refractivity contribution in [1.29, 1.82) is 0 Å². The third kappa shape index (κ3) is 6.84. The summed E-state index contributed by atoms with van der Waals surface area (Å²) in [4.78, 5) is 35.2. The number of aryl methyl sites for hydroxylation is 1. The number of methoxy groups -OCH3 is 2. The summed E-state index contributed by atoms with van der Waals surface area (Å²) in [6.45, 7) is 4.19. The molecule has 0 saturated carbocycles. The number of carbonyl (C=O) groups is 1. The van der Waals surface area contributed by atoms with Gasteiger partial charge in [0.05, 0.1) is 37.9 Å². The Labute approximate surface area is 284 Å². The van der Waals surface area contributed by atoms with Gasteiger partial charge >= 0.3 is 18.0 Å². The van der Waals surface area contributed by atoms with E-state index in [9.17, 15) is 22.8 Å². The molecule has 2 aliphatic rings. The minimum absolute atomic E-state index is 0.0000106. The first-order valence-electron chi connectivity index (χ1n) is 15.7. The number of guanidine groups is 1. The van der Waals surface area contributed by atoms with E-state index >= 15 is 4.39 Å². The maximum atomic E-state index is 15.6. The third-order valence-corrected chi connectivity index (χ3v) is 8.74. The molecule has 11 nitrogen and oxygen atoms in total. The zero-order valence-corrected chi connectivity index (χ0v) is 27.6. The van der Waals surface area contributed by atoms with E-state index in [2.05, 4.69) is 4.90 Å². The van der Waals surface area contributed by atoms with Gasteiger partial charge in [-0.2, -0.15) is 13.2 Å². The highest BCUT2D eigenvalue weighted by Gasteiger charge is 2.41. The molecule has 0 amide bonds. The van der Waals surface area contributed by atoms with Crippen LogP contribution in [0.2, 0.25) is 0 Å². The number of alkyl halides is 3. The Hall–Kier alpha value is -5.47. The van der Waals surface area contributed by atoms with Crippen molar-refractivity contribution < 1.29 is 45.4 Å². The first-order chi connectivity index (χ1) is 23.9. The van der Waals surface area contributed by atoms with Crippen molar-refractivity contribution in [1.82, 2.24) is 4.90 Å². The second kappa shape index (κ2) is 13.8. The summed E-state index contributed by atoms with van der Waals surface area (Å²) < 4.78 is 84.2. The Balaban J connectivity index is 1.43. The van der Waals surface area contributed by atoms with Crippen molar-refractivity contribution in [3.63, 3.8) is 0 Å². The van der Waals surface area contributed by atoms with Crippen LogP contribution in [0.5, 0.6) is 11.5 Å². The van der Waals surface area contributed by atoms with Gasteiger partial charge in [0.2, 0.25) is 5.96 Å². The Bertz CT molecular complexity index is 1970. The molecule has 0 bridgehead atoms. The standard InChI is InChI=1S/C35H34F4N4O7/c1-20-18-41(13-14-42(20)23-7-5-8-24(16-23)46-3)33-40-32-25(9-6-10-26(32)36)27(17-31(44)48-19-30-21(2)49-34(45)50-30)43(33)28-15-22(35(37,38)39)11-12-29(28)47-4/h5-12,15-16,20,27H,13-14,17-19H2,1-4H3/t20-,27?/m1/s1. The number of fused-ring (bicyclic) bond motifs is 1. The molecule has 0 spiro atoms.